The van der Waals surface area contributed by atoms with Gasteiger partial charge in [0.25, 0.3) is 15.9 Å². The molecule has 1 aliphatic heterocycles. The lowest BCUT2D eigenvalue weighted by Gasteiger charge is -2.34. The first kappa shape index (κ1) is 22.6. The lowest BCUT2D eigenvalue weighted by Crippen LogP contribution is -2.38. The summed E-state index contributed by atoms with van der Waals surface area (Å²) >= 11 is 1.64. The van der Waals surface area contributed by atoms with E-state index in [9.17, 15) is 13.2 Å². The molecule has 5 rings (SSSR count). The van der Waals surface area contributed by atoms with Crippen LogP contribution in [0.1, 0.15) is 46.2 Å². The number of aryl methyl sites for hydroxylation is 1. The standard InChI is InChI=1S/C26H25N3O3S2/c1-18-8-2-3-9-21(18)28-34(31,32)20-15-13-19(14-16-20)26(30)29-17-7-6-11-23(29)25-27-22-10-4-5-12-24(22)33-25/h2-5,8-10,12-16,23,28H,6-7,11,17H2,1H3. The summed E-state index contributed by atoms with van der Waals surface area (Å²) in [4.78, 5) is 20.2. The van der Waals surface area contributed by atoms with Crippen LogP contribution in [-0.4, -0.2) is 30.8 Å². The number of aromatic nitrogens is 1. The molecule has 0 radical (unpaired) electrons. The van der Waals surface area contributed by atoms with Gasteiger partial charge >= 0.3 is 0 Å². The first-order valence-corrected chi connectivity index (χ1v) is 13.6. The molecule has 0 spiro atoms. The lowest BCUT2D eigenvalue weighted by atomic mass is 10.0. The Hall–Kier alpha value is -3.23. The minimum absolute atomic E-state index is 0.0650. The molecule has 3 aromatic carbocycles. The number of hydrogen-bond acceptors (Lipinski definition) is 5. The minimum Gasteiger partial charge on any atom is -0.329 e. The van der Waals surface area contributed by atoms with Gasteiger partial charge in [-0.05, 0) is 74.2 Å². The Morgan fingerprint density at radius 3 is 2.50 bits per heavy atom. The van der Waals surface area contributed by atoms with Crippen LogP contribution in [0.15, 0.2) is 77.7 Å². The molecule has 1 N–H and O–H groups in total. The number of para-hydroxylation sites is 2. The summed E-state index contributed by atoms with van der Waals surface area (Å²) in [5.41, 5.74) is 2.80. The van der Waals surface area contributed by atoms with E-state index >= 15 is 0 Å². The van der Waals surface area contributed by atoms with Crippen LogP contribution in [0.2, 0.25) is 0 Å². The van der Waals surface area contributed by atoms with Crippen molar-refractivity contribution in [2.24, 2.45) is 0 Å². The number of likely N-dealkylation sites (tertiary alicyclic amines) is 1. The molecule has 0 aliphatic carbocycles. The second-order valence-corrected chi connectivity index (χ2v) is 11.2. The Bertz CT molecular complexity index is 1410. The summed E-state index contributed by atoms with van der Waals surface area (Å²) in [5.74, 6) is -0.0974. The van der Waals surface area contributed by atoms with Gasteiger partial charge in [0.15, 0.2) is 0 Å². The van der Waals surface area contributed by atoms with Gasteiger partial charge in [-0.25, -0.2) is 13.4 Å². The summed E-state index contributed by atoms with van der Waals surface area (Å²) in [6, 6.07) is 21.3. The van der Waals surface area contributed by atoms with Crippen molar-refractivity contribution in [3.05, 3.63) is 88.9 Å². The van der Waals surface area contributed by atoms with Crippen molar-refractivity contribution < 1.29 is 13.2 Å². The third kappa shape index (κ3) is 4.43. The average molecular weight is 492 g/mol. The zero-order chi connectivity index (χ0) is 23.7. The van der Waals surface area contributed by atoms with E-state index in [1.807, 2.05) is 42.2 Å². The van der Waals surface area contributed by atoms with E-state index in [1.165, 1.54) is 12.1 Å². The van der Waals surface area contributed by atoms with Gasteiger partial charge in [0.1, 0.15) is 5.01 Å². The number of nitrogens with one attached hydrogen (secondary N) is 1. The number of sulfonamides is 1. The highest BCUT2D eigenvalue weighted by atomic mass is 32.2. The second-order valence-electron chi connectivity index (χ2n) is 8.47. The van der Waals surface area contributed by atoms with E-state index < -0.39 is 10.0 Å². The number of anilines is 1. The molecule has 1 fully saturated rings. The molecule has 1 aliphatic rings. The van der Waals surface area contributed by atoms with Crippen molar-refractivity contribution in [3.8, 4) is 0 Å². The number of carbonyl (C=O) groups is 1. The van der Waals surface area contributed by atoms with E-state index in [4.69, 9.17) is 4.98 Å². The fourth-order valence-electron chi connectivity index (χ4n) is 4.30. The Morgan fingerprint density at radius 2 is 1.74 bits per heavy atom. The van der Waals surface area contributed by atoms with Crippen molar-refractivity contribution in [3.63, 3.8) is 0 Å². The van der Waals surface area contributed by atoms with E-state index in [0.29, 0.717) is 17.8 Å². The second kappa shape index (κ2) is 9.19. The first-order chi connectivity index (χ1) is 16.4. The molecule has 6 nitrogen and oxygen atoms in total. The predicted octanol–water partition coefficient (Wildman–Crippen LogP) is 5.77. The molecule has 1 saturated heterocycles. The smallest absolute Gasteiger partial charge is 0.261 e. The molecule has 0 bridgehead atoms. The highest BCUT2D eigenvalue weighted by molar-refractivity contribution is 7.92. The van der Waals surface area contributed by atoms with Gasteiger partial charge in [-0.3, -0.25) is 9.52 Å². The highest BCUT2D eigenvalue weighted by Gasteiger charge is 2.31. The number of hydrogen-bond donors (Lipinski definition) is 1. The summed E-state index contributed by atoms with van der Waals surface area (Å²) in [7, 11) is -3.75. The average Bonchev–Trinajstić information content (AvgIpc) is 3.29. The Balaban J connectivity index is 1.38. The maximum atomic E-state index is 13.4. The van der Waals surface area contributed by atoms with Gasteiger partial charge in [0.05, 0.1) is 26.8 Å². The molecule has 174 valence electrons. The molecule has 1 atom stereocenters. The Kier molecular flexibility index (Phi) is 6.10. The zero-order valence-electron chi connectivity index (χ0n) is 18.8. The fraction of sp³-hybridized carbons (Fsp3) is 0.231. The maximum Gasteiger partial charge on any atom is 0.261 e. The van der Waals surface area contributed by atoms with Gasteiger partial charge in [0.2, 0.25) is 0 Å². The van der Waals surface area contributed by atoms with Gasteiger partial charge < -0.3 is 4.90 Å². The number of piperidine rings is 1. The Labute approximate surface area is 203 Å². The van der Waals surface area contributed by atoms with Gasteiger partial charge in [0, 0.05) is 12.1 Å². The van der Waals surface area contributed by atoms with Crippen molar-refractivity contribution >= 4 is 43.2 Å². The molecule has 1 aromatic heterocycles. The highest BCUT2D eigenvalue weighted by Crippen LogP contribution is 2.36. The SMILES string of the molecule is Cc1ccccc1NS(=O)(=O)c1ccc(C(=O)N2CCCCC2c2nc3ccccc3s2)cc1. The van der Waals surface area contributed by atoms with Crippen LogP contribution in [-0.2, 0) is 10.0 Å². The molecular weight excluding hydrogens is 466 g/mol. The number of thiazole rings is 1. The number of amides is 1. The van der Waals surface area contributed by atoms with Crippen LogP contribution in [0.25, 0.3) is 10.2 Å². The van der Waals surface area contributed by atoms with E-state index in [2.05, 4.69) is 10.8 Å². The van der Waals surface area contributed by atoms with E-state index in [0.717, 1.165) is 40.1 Å². The van der Waals surface area contributed by atoms with Crippen LogP contribution < -0.4 is 4.72 Å². The molecular formula is C26H25N3O3S2. The third-order valence-corrected chi connectivity index (χ3v) is 8.68. The molecule has 34 heavy (non-hydrogen) atoms. The summed E-state index contributed by atoms with van der Waals surface area (Å²) in [6.07, 6.45) is 2.87. The quantitative estimate of drug-likeness (QED) is 0.384. The third-order valence-electron chi connectivity index (χ3n) is 6.16. The normalized spacial score (nSPS) is 16.5. The number of benzene rings is 3. The van der Waals surface area contributed by atoms with Crippen LogP contribution >= 0.6 is 11.3 Å². The number of fused-ring (bicyclic) bond motifs is 1. The summed E-state index contributed by atoms with van der Waals surface area (Å²) in [5, 5.41) is 0.955. The van der Waals surface area contributed by atoms with Crippen LogP contribution in [0.4, 0.5) is 5.69 Å². The molecule has 0 saturated carbocycles. The largest absolute Gasteiger partial charge is 0.329 e. The maximum absolute atomic E-state index is 13.4. The summed E-state index contributed by atoms with van der Waals surface area (Å²) in [6.45, 7) is 2.51. The lowest BCUT2D eigenvalue weighted by molar-refractivity contribution is 0.0611. The molecule has 8 heteroatoms. The minimum atomic E-state index is -3.75. The van der Waals surface area contributed by atoms with E-state index in [1.54, 1.807) is 35.6 Å². The van der Waals surface area contributed by atoms with Gasteiger partial charge in [-0.15, -0.1) is 11.3 Å². The fourth-order valence-corrected chi connectivity index (χ4v) is 6.54. The van der Waals surface area contributed by atoms with Crippen LogP contribution in [0.3, 0.4) is 0 Å². The van der Waals surface area contributed by atoms with Crippen molar-refractivity contribution in [1.29, 1.82) is 0 Å². The van der Waals surface area contributed by atoms with Crippen LogP contribution in [0.5, 0.6) is 0 Å². The monoisotopic (exact) mass is 491 g/mol. The van der Waals surface area contributed by atoms with Gasteiger partial charge in [-0.1, -0.05) is 30.3 Å². The summed E-state index contributed by atoms with van der Waals surface area (Å²) < 4.78 is 29.4. The zero-order valence-corrected chi connectivity index (χ0v) is 20.4. The molecule has 2 heterocycles. The van der Waals surface area contributed by atoms with Crippen molar-refractivity contribution in [2.45, 2.75) is 37.1 Å². The van der Waals surface area contributed by atoms with Crippen LogP contribution in [0, 0.1) is 6.92 Å². The molecule has 4 aromatic rings. The molecule has 1 unspecified atom stereocenters. The van der Waals surface area contributed by atoms with Gasteiger partial charge in [-0.2, -0.15) is 0 Å². The number of carbonyl (C=O) groups excluding carboxylic acids is 1. The number of nitrogens with zero attached hydrogens (tertiary/aromatic N) is 2. The number of rotatable bonds is 5. The topological polar surface area (TPSA) is 79.4 Å². The van der Waals surface area contributed by atoms with Crippen molar-refractivity contribution in [1.82, 2.24) is 9.88 Å². The van der Waals surface area contributed by atoms with E-state index in [-0.39, 0.29) is 16.8 Å². The first-order valence-electron chi connectivity index (χ1n) is 11.3. The Morgan fingerprint density at radius 1 is 1.00 bits per heavy atom. The van der Waals surface area contributed by atoms with Crippen molar-refractivity contribution in [2.75, 3.05) is 11.3 Å². The molecule has 1 amide bonds. The predicted molar refractivity (Wildman–Crippen MR) is 136 cm³/mol.